The summed E-state index contributed by atoms with van der Waals surface area (Å²) in [5.41, 5.74) is 2.25. The Labute approximate surface area is 112 Å². The van der Waals surface area contributed by atoms with Crippen LogP contribution in [0.1, 0.15) is 20.8 Å². The molecule has 2 N–H and O–H groups in total. The maximum absolute atomic E-state index is 7.56. The molecule has 0 saturated carbocycles. The standard InChI is InChI=1S/C12H20IN3/c1-8(2)10(7-14)11-12(9(3)13)16(4)6-5-15-11/h5-9,12,14-15H,1-4H3/b11-10+,14-7?. The van der Waals surface area contributed by atoms with Gasteiger partial charge in [0.2, 0.25) is 0 Å². The van der Waals surface area contributed by atoms with Gasteiger partial charge in [-0.25, -0.2) is 0 Å². The molecule has 1 heterocycles. The summed E-state index contributed by atoms with van der Waals surface area (Å²) in [7, 11) is 2.08. The maximum Gasteiger partial charge on any atom is 0.0801 e. The van der Waals surface area contributed by atoms with Gasteiger partial charge < -0.3 is 15.6 Å². The molecule has 0 amide bonds. The normalized spacial score (nSPS) is 25.4. The molecule has 90 valence electrons. The van der Waals surface area contributed by atoms with Gasteiger partial charge in [0.25, 0.3) is 0 Å². The fraction of sp³-hybridized carbons (Fsp3) is 0.583. The quantitative estimate of drug-likeness (QED) is 0.474. The lowest BCUT2D eigenvalue weighted by atomic mass is 9.96. The van der Waals surface area contributed by atoms with Gasteiger partial charge in [-0.15, -0.1) is 0 Å². The van der Waals surface area contributed by atoms with E-state index in [9.17, 15) is 0 Å². The highest BCUT2D eigenvalue weighted by atomic mass is 127. The van der Waals surface area contributed by atoms with Crippen LogP contribution in [-0.4, -0.2) is 28.1 Å². The zero-order valence-electron chi connectivity index (χ0n) is 10.3. The molecule has 0 saturated heterocycles. The molecule has 1 aliphatic heterocycles. The van der Waals surface area contributed by atoms with Gasteiger partial charge in [0, 0.05) is 35.3 Å². The van der Waals surface area contributed by atoms with E-state index in [-0.39, 0.29) is 0 Å². The third-order valence-corrected chi connectivity index (χ3v) is 3.49. The zero-order chi connectivity index (χ0) is 12.3. The van der Waals surface area contributed by atoms with E-state index in [1.165, 1.54) is 6.21 Å². The first kappa shape index (κ1) is 13.5. The van der Waals surface area contributed by atoms with Crippen molar-refractivity contribution in [3.05, 3.63) is 23.7 Å². The largest absolute Gasteiger partial charge is 0.370 e. The highest BCUT2D eigenvalue weighted by Gasteiger charge is 2.27. The van der Waals surface area contributed by atoms with Crippen LogP contribution in [0, 0.1) is 11.3 Å². The van der Waals surface area contributed by atoms with Crippen LogP contribution in [0.4, 0.5) is 0 Å². The molecule has 0 radical (unpaired) electrons. The first-order chi connectivity index (χ1) is 7.49. The molecule has 0 aromatic rings. The minimum atomic E-state index is 0.324. The maximum atomic E-state index is 7.56. The molecule has 0 aromatic heterocycles. The van der Waals surface area contributed by atoms with Crippen LogP contribution >= 0.6 is 22.6 Å². The summed E-state index contributed by atoms with van der Waals surface area (Å²) in [5, 5.41) is 10.9. The van der Waals surface area contributed by atoms with Crippen molar-refractivity contribution in [2.45, 2.75) is 30.7 Å². The minimum absolute atomic E-state index is 0.324. The Bertz CT molecular complexity index is 318. The Hall–Kier alpha value is -0.520. The van der Waals surface area contributed by atoms with Crippen molar-refractivity contribution in [3.63, 3.8) is 0 Å². The van der Waals surface area contributed by atoms with Crippen LogP contribution in [-0.2, 0) is 0 Å². The molecule has 16 heavy (non-hydrogen) atoms. The number of nitrogens with one attached hydrogen (secondary N) is 2. The van der Waals surface area contributed by atoms with Crippen LogP contribution in [0.25, 0.3) is 0 Å². The third-order valence-electron chi connectivity index (χ3n) is 2.81. The molecule has 2 unspecified atom stereocenters. The molecule has 4 heteroatoms. The summed E-state index contributed by atoms with van der Waals surface area (Å²) in [6.07, 6.45) is 5.47. The number of rotatable bonds is 3. The van der Waals surface area contributed by atoms with E-state index < -0.39 is 0 Å². The molecule has 0 spiro atoms. The van der Waals surface area contributed by atoms with E-state index in [1.807, 2.05) is 12.4 Å². The van der Waals surface area contributed by atoms with Crippen molar-refractivity contribution in [1.29, 1.82) is 5.41 Å². The van der Waals surface area contributed by atoms with Crippen LogP contribution < -0.4 is 5.32 Å². The number of hydrogen-bond donors (Lipinski definition) is 2. The summed E-state index contributed by atoms with van der Waals surface area (Å²) in [6.45, 7) is 6.45. The van der Waals surface area contributed by atoms with E-state index in [1.54, 1.807) is 0 Å². The highest BCUT2D eigenvalue weighted by Crippen LogP contribution is 2.25. The van der Waals surface area contributed by atoms with E-state index in [4.69, 9.17) is 5.41 Å². The molecule has 0 aromatic carbocycles. The lowest BCUT2D eigenvalue weighted by Gasteiger charge is -2.36. The van der Waals surface area contributed by atoms with Gasteiger partial charge in [-0.05, 0) is 11.5 Å². The van der Waals surface area contributed by atoms with Crippen LogP contribution in [0.15, 0.2) is 23.7 Å². The topological polar surface area (TPSA) is 39.1 Å². The zero-order valence-corrected chi connectivity index (χ0v) is 12.4. The summed E-state index contributed by atoms with van der Waals surface area (Å²) < 4.78 is 0.490. The molecular formula is C12H20IN3. The Morgan fingerprint density at radius 3 is 2.62 bits per heavy atom. The number of nitrogens with zero attached hydrogens (tertiary/aromatic N) is 1. The fourth-order valence-electron chi connectivity index (χ4n) is 1.99. The first-order valence-electron chi connectivity index (χ1n) is 5.52. The van der Waals surface area contributed by atoms with E-state index >= 15 is 0 Å². The summed E-state index contributed by atoms with van der Waals surface area (Å²) in [5.74, 6) is 0.373. The number of alkyl halides is 1. The smallest absolute Gasteiger partial charge is 0.0801 e. The Morgan fingerprint density at radius 1 is 1.56 bits per heavy atom. The minimum Gasteiger partial charge on any atom is -0.370 e. The van der Waals surface area contributed by atoms with Crippen LogP contribution in [0.5, 0.6) is 0 Å². The van der Waals surface area contributed by atoms with Gasteiger partial charge in [0.15, 0.2) is 0 Å². The molecule has 1 aliphatic rings. The molecule has 0 aliphatic carbocycles. The van der Waals surface area contributed by atoms with Gasteiger partial charge in [0.05, 0.1) is 6.04 Å². The van der Waals surface area contributed by atoms with Gasteiger partial charge >= 0.3 is 0 Å². The number of likely N-dealkylation sites (N-methyl/N-ethyl adjacent to an activating group) is 1. The second-order valence-electron chi connectivity index (χ2n) is 4.42. The predicted molar refractivity (Wildman–Crippen MR) is 78.0 cm³/mol. The van der Waals surface area contributed by atoms with E-state index in [0.717, 1.165) is 11.3 Å². The third kappa shape index (κ3) is 2.78. The van der Waals surface area contributed by atoms with Crippen molar-refractivity contribution in [1.82, 2.24) is 10.2 Å². The monoisotopic (exact) mass is 333 g/mol. The molecule has 2 atom stereocenters. The molecule has 0 bridgehead atoms. The summed E-state index contributed by atoms with van der Waals surface area (Å²) in [4.78, 5) is 2.20. The Morgan fingerprint density at radius 2 is 2.19 bits per heavy atom. The highest BCUT2D eigenvalue weighted by molar-refractivity contribution is 14.1. The molecule has 3 nitrogen and oxygen atoms in total. The van der Waals surface area contributed by atoms with Crippen molar-refractivity contribution < 1.29 is 0 Å². The summed E-state index contributed by atoms with van der Waals surface area (Å²) >= 11 is 2.44. The summed E-state index contributed by atoms with van der Waals surface area (Å²) in [6, 6.07) is 0.324. The number of hydrogen-bond acceptors (Lipinski definition) is 3. The van der Waals surface area contributed by atoms with Gasteiger partial charge in [0.1, 0.15) is 0 Å². The van der Waals surface area contributed by atoms with Crippen LogP contribution in [0.2, 0.25) is 0 Å². The molecule has 1 rings (SSSR count). The number of halogens is 1. The lowest BCUT2D eigenvalue weighted by molar-refractivity contribution is 0.345. The van der Waals surface area contributed by atoms with E-state index in [0.29, 0.717) is 15.9 Å². The van der Waals surface area contributed by atoms with Gasteiger partial charge in [-0.3, -0.25) is 0 Å². The second kappa shape index (κ2) is 5.70. The van der Waals surface area contributed by atoms with Gasteiger partial charge in [-0.2, -0.15) is 0 Å². The van der Waals surface area contributed by atoms with Crippen molar-refractivity contribution in [2.24, 2.45) is 5.92 Å². The SMILES string of the molecule is CC(C)/C(C=N)=C1/NC=CN(C)C1C(C)I. The van der Waals surface area contributed by atoms with Crippen LogP contribution in [0.3, 0.4) is 0 Å². The lowest BCUT2D eigenvalue weighted by Crippen LogP contribution is -2.43. The average Bonchev–Trinajstić information content (AvgIpc) is 2.17. The Kier molecular flexibility index (Phi) is 4.83. The van der Waals surface area contributed by atoms with Gasteiger partial charge in [-0.1, -0.05) is 43.4 Å². The average molecular weight is 333 g/mol. The van der Waals surface area contributed by atoms with Crippen molar-refractivity contribution >= 4 is 28.8 Å². The second-order valence-corrected chi connectivity index (χ2v) is 6.38. The van der Waals surface area contributed by atoms with Crippen molar-refractivity contribution in [2.75, 3.05) is 7.05 Å². The first-order valence-corrected chi connectivity index (χ1v) is 6.77. The molecule has 0 fully saturated rings. The van der Waals surface area contributed by atoms with E-state index in [2.05, 4.69) is 60.6 Å². The predicted octanol–water partition coefficient (Wildman–Crippen LogP) is 2.74. The Balaban J connectivity index is 3.18. The van der Waals surface area contributed by atoms with Crippen molar-refractivity contribution in [3.8, 4) is 0 Å². The molecular weight excluding hydrogens is 313 g/mol. The number of allylic oxidation sites excluding steroid dienone is 1. The fourth-order valence-corrected chi connectivity index (χ4v) is 2.86.